The van der Waals surface area contributed by atoms with Gasteiger partial charge in [-0.05, 0) is 26.2 Å². The molecule has 1 amide bonds. The molecule has 0 bridgehead atoms. The average molecular weight is 257 g/mol. The maximum Gasteiger partial charge on any atom is 0.231 e. The van der Waals surface area contributed by atoms with E-state index >= 15 is 0 Å². The van der Waals surface area contributed by atoms with Gasteiger partial charge in [0, 0.05) is 6.61 Å². The molecule has 1 heterocycles. The van der Waals surface area contributed by atoms with Gasteiger partial charge in [0.2, 0.25) is 5.91 Å². The van der Waals surface area contributed by atoms with E-state index in [-0.39, 0.29) is 23.9 Å². The van der Waals surface area contributed by atoms with Gasteiger partial charge in [0.25, 0.3) is 0 Å². The summed E-state index contributed by atoms with van der Waals surface area (Å²) in [4.78, 5) is 12.1. The molecule has 0 saturated carbocycles. The van der Waals surface area contributed by atoms with E-state index in [9.17, 15) is 4.79 Å². The minimum absolute atomic E-state index is 0.0334. The zero-order valence-corrected chi connectivity index (χ0v) is 11.1. The van der Waals surface area contributed by atoms with Crippen LogP contribution >= 0.6 is 0 Å². The summed E-state index contributed by atoms with van der Waals surface area (Å²) in [5, 5.41) is 14.5. The Kier molecular flexibility index (Phi) is 5.91. The van der Waals surface area contributed by atoms with Crippen molar-refractivity contribution in [3.05, 3.63) is 0 Å². The van der Waals surface area contributed by atoms with Crippen molar-refractivity contribution in [1.82, 2.24) is 5.32 Å². The standard InChI is InChI=1S/C12H23N3O3/c1-3-5-9(11(13)15-17)12(16)14-8(2)10-6-4-7-18-10/h8-10,17H,3-7H2,1-2H3,(H2,13,15)(H,14,16). The Labute approximate surface area is 108 Å². The van der Waals surface area contributed by atoms with E-state index in [0.717, 1.165) is 25.9 Å². The lowest BCUT2D eigenvalue weighted by Crippen LogP contribution is -2.46. The van der Waals surface area contributed by atoms with Crippen molar-refractivity contribution in [1.29, 1.82) is 0 Å². The monoisotopic (exact) mass is 257 g/mol. The highest BCUT2D eigenvalue weighted by molar-refractivity contribution is 6.02. The van der Waals surface area contributed by atoms with E-state index < -0.39 is 5.92 Å². The van der Waals surface area contributed by atoms with Crippen molar-refractivity contribution < 1.29 is 14.7 Å². The third-order valence-electron chi connectivity index (χ3n) is 3.26. The molecular formula is C12H23N3O3. The molecule has 3 atom stereocenters. The lowest BCUT2D eigenvalue weighted by atomic mass is 10.0. The number of nitrogens with zero attached hydrogens (tertiary/aromatic N) is 1. The van der Waals surface area contributed by atoms with Gasteiger partial charge < -0.3 is 21.0 Å². The molecule has 6 heteroatoms. The van der Waals surface area contributed by atoms with Gasteiger partial charge in [0.15, 0.2) is 5.84 Å². The van der Waals surface area contributed by atoms with E-state index in [2.05, 4.69) is 10.5 Å². The summed E-state index contributed by atoms with van der Waals surface area (Å²) in [6, 6.07) is -0.0501. The lowest BCUT2D eigenvalue weighted by molar-refractivity contribution is -0.124. The molecule has 1 rings (SSSR count). The number of amides is 1. The highest BCUT2D eigenvalue weighted by Crippen LogP contribution is 2.16. The molecule has 18 heavy (non-hydrogen) atoms. The molecule has 6 nitrogen and oxygen atoms in total. The summed E-state index contributed by atoms with van der Waals surface area (Å²) in [5.74, 6) is -0.798. The first-order valence-corrected chi connectivity index (χ1v) is 6.49. The molecule has 1 aliphatic heterocycles. The Hall–Kier alpha value is -1.30. The van der Waals surface area contributed by atoms with Crippen LogP contribution in [0, 0.1) is 5.92 Å². The molecular weight excluding hydrogens is 234 g/mol. The normalized spacial score (nSPS) is 23.7. The molecule has 1 saturated heterocycles. The zero-order chi connectivity index (χ0) is 13.5. The third kappa shape index (κ3) is 3.87. The second-order valence-corrected chi connectivity index (χ2v) is 4.71. The Morgan fingerprint density at radius 1 is 1.67 bits per heavy atom. The van der Waals surface area contributed by atoms with Crippen molar-refractivity contribution in [3.63, 3.8) is 0 Å². The van der Waals surface area contributed by atoms with E-state index in [1.54, 1.807) is 0 Å². The molecule has 0 aromatic rings. The fraction of sp³-hybridized carbons (Fsp3) is 0.833. The smallest absolute Gasteiger partial charge is 0.231 e. The van der Waals surface area contributed by atoms with Gasteiger partial charge in [0.1, 0.15) is 0 Å². The molecule has 0 aromatic heterocycles. The topological polar surface area (TPSA) is 96.9 Å². The lowest BCUT2D eigenvalue weighted by Gasteiger charge is -2.23. The summed E-state index contributed by atoms with van der Waals surface area (Å²) in [6.45, 7) is 4.63. The molecule has 1 fully saturated rings. The second kappa shape index (κ2) is 7.20. The van der Waals surface area contributed by atoms with Crippen molar-refractivity contribution >= 4 is 11.7 Å². The number of hydrogen-bond acceptors (Lipinski definition) is 4. The number of hydrogen-bond donors (Lipinski definition) is 3. The highest BCUT2D eigenvalue weighted by Gasteiger charge is 2.28. The van der Waals surface area contributed by atoms with Gasteiger partial charge in [-0.15, -0.1) is 0 Å². The van der Waals surface area contributed by atoms with Crippen LogP contribution in [0.3, 0.4) is 0 Å². The number of nitrogens with two attached hydrogens (primary N) is 1. The zero-order valence-electron chi connectivity index (χ0n) is 11.1. The summed E-state index contributed by atoms with van der Waals surface area (Å²) < 4.78 is 5.52. The highest BCUT2D eigenvalue weighted by atomic mass is 16.5. The summed E-state index contributed by atoms with van der Waals surface area (Å²) in [6.07, 6.45) is 3.43. The number of carbonyl (C=O) groups is 1. The Bertz CT molecular complexity index is 301. The quantitative estimate of drug-likeness (QED) is 0.284. The summed E-state index contributed by atoms with van der Waals surface area (Å²) >= 11 is 0. The number of nitrogens with one attached hydrogen (secondary N) is 1. The SMILES string of the molecule is CCCC(C(=O)NC(C)C1CCCO1)/C(N)=N/O. The Balaban J connectivity index is 2.54. The van der Waals surface area contributed by atoms with Gasteiger partial charge in [0.05, 0.1) is 18.1 Å². The summed E-state index contributed by atoms with van der Waals surface area (Å²) in [7, 11) is 0. The van der Waals surface area contributed by atoms with Gasteiger partial charge >= 0.3 is 0 Å². The number of carbonyl (C=O) groups excluding carboxylic acids is 1. The van der Waals surface area contributed by atoms with E-state index in [1.807, 2.05) is 13.8 Å². The molecule has 0 spiro atoms. The number of rotatable bonds is 6. The van der Waals surface area contributed by atoms with Crippen LogP contribution in [0.2, 0.25) is 0 Å². The first kappa shape index (κ1) is 14.8. The van der Waals surface area contributed by atoms with Crippen LogP contribution in [0.5, 0.6) is 0 Å². The minimum Gasteiger partial charge on any atom is -0.409 e. The third-order valence-corrected chi connectivity index (χ3v) is 3.26. The molecule has 0 aromatic carbocycles. The molecule has 104 valence electrons. The van der Waals surface area contributed by atoms with Crippen molar-refractivity contribution in [2.75, 3.05) is 6.61 Å². The van der Waals surface area contributed by atoms with Crippen molar-refractivity contribution in [2.45, 2.75) is 51.7 Å². The average Bonchev–Trinajstić information content (AvgIpc) is 2.88. The van der Waals surface area contributed by atoms with Crippen LogP contribution < -0.4 is 11.1 Å². The number of amidine groups is 1. The molecule has 0 radical (unpaired) electrons. The van der Waals surface area contributed by atoms with Gasteiger partial charge in [-0.1, -0.05) is 18.5 Å². The minimum atomic E-state index is -0.566. The maximum atomic E-state index is 12.1. The van der Waals surface area contributed by atoms with Gasteiger partial charge in [-0.2, -0.15) is 0 Å². The first-order chi connectivity index (χ1) is 8.60. The van der Waals surface area contributed by atoms with Crippen LogP contribution in [0.1, 0.15) is 39.5 Å². The fourth-order valence-electron chi connectivity index (χ4n) is 2.19. The van der Waals surface area contributed by atoms with Crippen molar-refractivity contribution in [2.24, 2.45) is 16.8 Å². The van der Waals surface area contributed by atoms with E-state index in [4.69, 9.17) is 15.7 Å². The van der Waals surface area contributed by atoms with Gasteiger partial charge in [-0.25, -0.2) is 0 Å². The van der Waals surface area contributed by atoms with Crippen LogP contribution in [0.4, 0.5) is 0 Å². The van der Waals surface area contributed by atoms with Crippen LogP contribution in [0.15, 0.2) is 5.16 Å². The van der Waals surface area contributed by atoms with Crippen LogP contribution in [-0.4, -0.2) is 35.7 Å². The first-order valence-electron chi connectivity index (χ1n) is 6.49. The number of ether oxygens (including phenoxy) is 1. The van der Waals surface area contributed by atoms with E-state index in [0.29, 0.717) is 6.42 Å². The maximum absolute atomic E-state index is 12.1. The largest absolute Gasteiger partial charge is 0.409 e. The Morgan fingerprint density at radius 3 is 2.89 bits per heavy atom. The molecule has 3 unspecified atom stereocenters. The van der Waals surface area contributed by atoms with Crippen molar-refractivity contribution in [3.8, 4) is 0 Å². The predicted molar refractivity (Wildman–Crippen MR) is 68.4 cm³/mol. The van der Waals surface area contributed by atoms with Crippen LogP contribution in [0.25, 0.3) is 0 Å². The van der Waals surface area contributed by atoms with E-state index in [1.165, 1.54) is 0 Å². The fourth-order valence-corrected chi connectivity index (χ4v) is 2.19. The number of oxime groups is 1. The molecule has 1 aliphatic rings. The molecule has 4 N–H and O–H groups in total. The summed E-state index contributed by atoms with van der Waals surface area (Å²) in [5.41, 5.74) is 5.54. The predicted octanol–water partition coefficient (Wildman–Crippen LogP) is 0.833. The van der Waals surface area contributed by atoms with Gasteiger partial charge in [-0.3, -0.25) is 4.79 Å². The van der Waals surface area contributed by atoms with Crippen LogP contribution in [-0.2, 0) is 9.53 Å². The second-order valence-electron chi connectivity index (χ2n) is 4.71. The molecule has 0 aliphatic carbocycles. The Morgan fingerprint density at radius 2 is 2.39 bits per heavy atom.